The van der Waals surface area contributed by atoms with Crippen LogP contribution in [0.25, 0.3) is 10.9 Å². The van der Waals surface area contributed by atoms with Crippen molar-refractivity contribution >= 4 is 16.8 Å². The number of amides is 1. The van der Waals surface area contributed by atoms with E-state index in [4.69, 9.17) is 9.47 Å². The van der Waals surface area contributed by atoms with Crippen molar-refractivity contribution in [3.8, 4) is 11.5 Å². The van der Waals surface area contributed by atoms with Gasteiger partial charge in [0.1, 0.15) is 0 Å². The molecule has 5 rings (SSSR count). The molecule has 1 saturated heterocycles. The molecule has 3 aromatic rings. The molecule has 1 atom stereocenters. The Balaban J connectivity index is 1.17. The molecule has 162 valence electrons. The van der Waals surface area contributed by atoms with Crippen molar-refractivity contribution in [3.63, 3.8) is 0 Å². The average Bonchev–Trinajstić information content (AvgIpc) is 3.34. The molecule has 3 heterocycles. The molecule has 31 heavy (non-hydrogen) atoms. The van der Waals surface area contributed by atoms with Crippen molar-refractivity contribution < 1.29 is 14.3 Å². The van der Waals surface area contributed by atoms with Crippen molar-refractivity contribution in [1.29, 1.82) is 0 Å². The number of carbonyl (C=O) groups excluding carboxylic acids is 1. The third kappa shape index (κ3) is 4.39. The van der Waals surface area contributed by atoms with Crippen LogP contribution in [-0.2, 0) is 11.2 Å². The van der Waals surface area contributed by atoms with Gasteiger partial charge >= 0.3 is 0 Å². The minimum Gasteiger partial charge on any atom is -0.490 e. The summed E-state index contributed by atoms with van der Waals surface area (Å²) in [5, 5.41) is 4.33. The smallest absolute Gasteiger partial charge is 0.234 e. The van der Waals surface area contributed by atoms with Crippen LogP contribution in [0.1, 0.15) is 36.4 Å². The highest BCUT2D eigenvalue weighted by Gasteiger charge is 2.28. The highest BCUT2D eigenvalue weighted by Crippen LogP contribution is 2.37. The van der Waals surface area contributed by atoms with Gasteiger partial charge in [-0.2, -0.15) is 0 Å². The Morgan fingerprint density at radius 3 is 2.90 bits per heavy atom. The van der Waals surface area contributed by atoms with Crippen LogP contribution in [-0.4, -0.2) is 48.6 Å². The van der Waals surface area contributed by atoms with Gasteiger partial charge in [0.05, 0.1) is 19.8 Å². The van der Waals surface area contributed by atoms with Crippen molar-refractivity contribution in [2.45, 2.75) is 31.7 Å². The van der Waals surface area contributed by atoms with Gasteiger partial charge in [-0.15, -0.1) is 0 Å². The largest absolute Gasteiger partial charge is 0.490 e. The number of benzene rings is 2. The second-order valence-electron chi connectivity index (χ2n) is 8.34. The first-order valence-electron chi connectivity index (χ1n) is 11.2. The Hall–Kier alpha value is -2.99. The van der Waals surface area contributed by atoms with Crippen LogP contribution in [0.5, 0.6) is 11.5 Å². The van der Waals surface area contributed by atoms with E-state index in [0.717, 1.165) is 49.2 Å². The van der Waals surface area contributed by atoms with Gasteiger partial charge in [0, 0.05) is 36.1 Å². The summed E-state index contributed by atoms with van der Waals surface area (Å²) in [4.78, 5) is 18.2. The van der Waals surface area contributed by atoms with Gasteiger partial charge in [-0.05, 0) is 55.1 Å². The van der Waals surface area contributed by atoms with Gasteiger partial charge < -0.3 is 19.8 Å². The van der Waals surface area contributed by atoms with Crippen LogP contribution < -0.4 is 14.8 Å². The van der Waals surface area contributed by atoms with E-state index >= 15 is 0 Å². The fourth-order valence-electron chi connectivity index (χ4n) is 4.70. The molecule has 0 aliphatic carbocycles. The lowest BCUT2D eigenvalue weighted by Gasteiger charge is -2.25. The van der Waals surface area contributed by atoms with E-state index < -0.39 is 0 Å². The normalized spacial score (nSPS) is 18.8. The number of nitrogens with zero attached hydrogens (tertiary/aromatic N) is 1. The molecule has 1 fully saturated rings. The number of H-pyrrole nitrogens is 1. The molecule has 2 aliphatic rings. The van der Waals surface area contributed by atoms with Crippen molar-refractivity contribution in [2.24, 2.45) is 0 Å². The Morgan fingerprint density at radius 1 is 1.10 bits per heavy atom. The van der Waals surface area contributed by atoms with Gasteiger partial charge in [-0.1, -0.05) is 24.3 Å². The molecule has 6 nitrogen and oxygen atoms in total. The minimum atomic E-state index is 0.0843. The predicted molar refractivity (Wildman–Crippen MR) is 121 cm³/mol. The van der Waals surface area contributed by atoms with Crippen molar-refractivity contribution in [2.75, 3.05) is 32.8 Å². The molecule has 2 N–H and O–H groups in total. The number of ether oxygens (including phenoxy) is 2. The maximum absolute atomic E-state index is 12.6. The maximum atomic E-state index is 12.6. The van der Waals surface area contributed by atoms with Gasteiger partial charge in [-0.3, -0.25) is 9.69 Å². The molecule has 2 aromatic carbocycles. The second kappa shape index (κ2) is 9.02. The molecule has 0 saturated carbocycles. The molecule has 6 heteroatoms. The van der Waals surface area contributed by atoms with Crippen LogP contribution >= 0.6 is 0 Å². The molecule has 0 bridgehead atoms. The molecule has 1 unspecified atom stereocenters. The highest BCUT2D eigenvalue weighted by molar-refractivity contribution is 5.83. The first-order valence-corrected chi connectivity index (χ1v) is 11.2. The summed E-state index contributed by atoms with van der Waals surface area (Å²) >= 11 is 0. The summed E-state index contributed by atoms with van der Waals surface area (Å²) in [5.41, 5.74) is 3.58. The zero-order valence-corrected chi connectivity index (χ0v) is 17.7. The van der Waals surface area contributed by atoms with Crippen LogP contribution in [0, 0.1) is 0 Å². The van der Waals surface area contributed by atoms with Crippen LogP contribution in [0.2, 0.25) is 0 Å². The molecule has 1 amide bonds. The quantitative estimate of drug-likeness (QED) is 0.637. The topological polar surface area (TPSA) is 66.6 Å². The van der Waals surface area contributed by atoms with E-state index in [1.807, 2.05) is 24.4 Å². The number of aromatic amines is 1. The lowest BCUT2D eigenvalue weighted by Crippen LogP contribution is -2.37. The number of likely N-dealkylation sites (tertiary alicyclic amines) is 1. The third-order valence-corrected chi connectivity index (χ3v) is 6.26. The number of rotatable bonds is 6. The van der Waals surface area contributed by atoms with E-state index in [2.05, 4.69) is 39.5 Å². The number of nitrogens with one attached hydrogen (secondary N) is 2. The Morgan fingerprint density at radius 2 is 1.97 bits per heavy atom. The Labute approximate surface area is 182 Å². The number of hydrogen-bond donors (Lipinski definition) is 2. The second-order valence-corrected chi connectivity index (χ2v) is 8.34. The summed E-state index contributed by atoms with van der Waals surface area (Å²) in [6.45, 7) is 3.38. The third-order valence-electron chi connectivity index (χ3n) is 6.26. The van der Waals surface area contributed by atoms with Gasteiger partial charge in [0.15, 0.2) is 11.5 Å². The molecular formula is C25H29N3O3. The fourth-order valence-corrected chi connectivity index (χ4v) is 4.70. The number of carbonyl (C=O) groups is 1. The van der Waals surface area contributed by atoms with Crippen LogP contribution in [0.4, 0.5) is 0 Å². The van der Waals surface area contributed by atoms with E-state index in [1.165, 1.54) is 16.5 Å². The Bertz CT molecular complexity index is 1060. The molecule has 2 aliphatic heterocycles. The number of aromatic nitrogens is 1. The highest BCUT2D eigenvalue weighted by atomic mass is 16.5. The monoisotopic (exact) mass is 419 g/mol. The van der Waals surface area contributed by atoms with Crippen LogP contribution in [0.15, 0.2) is 48.7 Å². The number of para-hydroxylation sites is 1. The zero-order chi connectivity index (χ0) is 21.0. The van der Waals surface area contributed by atoms with Gasteiger partial charge in [0.2, 0.25) is 5.91 Å². The average molecular weight is 420 g/mol. The predicted octanol–water partition coefficient (Wildman–Crippen LogP) is 3.83. The summed E-state index contributed by atoms with van der Waals surface area (Å²) in [6, 6.07) is 14.7. The fraction of sp³-hybridized carbons (Fsp3) is 0.400. The molecule has 0 radical (unpaired) electrons. The maximum Gasteiger partial charge on any atom is 0.234 e. The SMILES string of the molecule is O=C(CN1CCCC1c1ccc2c(c1)OCCCO2)NCCc1c[nH]c2ccccc12. The number of fused-ring (bicyclic) bond motifs is 2. The summed E-state index contributed by atoms with van der Waals surface area (Å²) in [6.07, 6.45) is 5.92. The van der Waals surface area contributed by atoms with E-state index in [1.54, 1.807) is 0 Å². The van der Waals surface area contributed by atoms with Crippen molar-refractivity contribution in [1.82, 2.24) is 15.2 Å². The van der Waals surface area contributed by atoms with Gasteiger partial charge in [-0.25, -0.2) is 0 Å². The van der Waals surface area contributed by atoms with Crippen LogP contribution in [0.3, 0.4) is 0 Å². The Kier molecular flexibility index (Phi) is 5.80. The molecule has 0 spiro atoms. The van der Waals surface area contributed by atoms with Gasteiger partial charge in [0.25, 0.3) is 0 Å². The molecule has 1 aromatic heterocycles. The summed E-state index contributed by atoms with van der Waals surface area (Å²) in [5.74, 6) is 1.73. The summed E-state index contributed by atoms with van der Waals surface area (Å²) < 4.78 is 11.6. The first-order chi connectivity index (χ1) is 15.3. The molecular weight excluding hydrogens is 390 g/mol. The standard InChI is InChI=1S/C25H29N3O3/c29-25(26-11-10-19-16-27-21-6-2-1-5-20(19)21)17-28-12-3-7-22(28)18-8-9-23-24(15-18)31-14-4-13-30-23/h1-2,5-6,8-9,15-16,22,27H,3-4,7,10-14,17H2,(H,26,29). The summed E-state index contributed by atoms with van der Waals surface area (Å²) in [7, 11) is 0. The number of hydrogen-bond acceptors (Lipinski definition) is 4. The minimum absolute atomic E-state index is 0.0843. The van der Waals surface area contributed by atoms with Crippen molar-refractivity contribution in [3.05, 3.63) is 59.8 Å². The lowest BCUT2D eigenvalue weighted by molar-refractivity contribution is -0.122. The lowest BCUT2D eigenvalue weighted by atomic mass is 10.0. The van der Waals surface area contributed by atoms with E-state index in [-0.39, 0.29) is 11.9 Å². The van der Waals surface area contributed by atoms with E-state index in [0.29, 0.717) is 26.3 Å². The first kappa shape index (κ1) is 19.9. The zero-order valence-electron chi connectivity index (χ0n) is 17.7. The van der Waals surface area contributed by atoms with E-state index in [9.17, 15) is 4.79 Å².